The van der Waals surface area contributed by atoms with E-state index in [2.05, 4.69) is 28.3 Å². The maximum atomic E-state index is 12.1. The Balaban J connectivity index is 0.000000171. The molecule has 1 aromatic heterocycles. The molecule has 4 aromatic rings. The van der Waals surface area contributed by atoms with E-state index in [1.807, 2.05) is 31.3 Å². The van der Waals surface area contributed by atoms with Crippen LogP contribution in [0.25, 0.3) is 0 Å². The van der Waals surface area contributed by atoms with Crippen LogP contribution in [0.3, 0.4) is 0 Å². The number of halogens is 2. The first-order valence-electron chi connectivity index (χ1n) is 13.2. The Labute approximate surface area is 261 Å². The summed E-state index contributed by atoms with van der Waals surface area (Å²) in [5, 5.41) is 15.8. The molecule has 2 aliphatic rings. The third kappa shape index (κ3) is 6.36. The van der Waals surface area contributed by atoms with Gasteiger partial charge in [-0.1, -0.05) is 66.5 Å². The molecule has 0 radical (unpaired) electrons. The zero-order chi connectivity index (χ0) is 30.7. The lowest BCUT2D eigenvalue weighted by Crippen LogP contribution is -2.26. The number of rotatable bonds is 4. The largest absolute Gasteiger partial charge is 0.324 e. The molecule has 2 amide bonds. The summed E-state index contributed by atoms with van der Waals surface area (Å²) in [6.07, 6.45) is 0.940. The molecular formula is C31H25Cl2N5O4S. The van der Waals surface area contributed by atoms with E-state index in [9.17, 15) is 19.7 Å². The van der Waals surface area contributed by atoms with E-state index in [1.54, 1.807) is 40.5 Å². The fraction of sp³-hybridized carbons (Fsp3) is 0.161. The predicted molar refractivity (Wildman–Crippen MR) is 173 cm³/mol. The molecule has 9 nitrogen and oxygen atoms in total. The number of nitro groups is 1. The Morgan fingerprint density at radius 2 is 1.49 bits per heavy atom. The van der Waals surface area contributed by atoms with Gasteiger partial charge >= 0.3 is 0 Å². The molecule has 2 aliphatic heterocycles. The molecule has 6 rings (SSSR count). The topological polar surface area (TPSA) is 117 Å². The number of nitrogens with one attached hydrogen (secondary N) is 1. The number of carbonyl (C=O) groups is 2. The molecule has 0 unspecified atom stereocenters. The highest BCUT2D eigenvalue weighted by Gasteiger charge is 2.26. The van der Waals surface area contributed by atoms with Gasteiger partial charge in [0, 0.05) is 56.4 Å². The molecule has 43 heavy (non-hydrogen) atoms. The Hall–Kier alpha value is -4.38. The summed E-state index contributed by atoms with van der Waals surface area (Å²) in [7, 11) is 1.81. The van der Waals surface area contributed by atoms with Gasteiger partial charge in [-0.25, -0.2) is 0 Å². The van der Waals surface area contributed by atoms with E-state index in [-0.39, 0.29) is 30.6 Å². The Bertz CT molecular complexity index is 1820. The van der Waals surface area contributed by atoms with Crippen molar-refractivity contribution >= 4 is 74.2 Å². The number of benzodiazepines with no additional fused rings is 1. The molecule has 0 atom stereocenters. The number of fused-ring (bicyclic) bond motifs is 2. The SMILES string of the molecule is CCc1cc2c(s1)N(C)C(=O)CN=C2c1ccccc1Cl.O=C1CN=C(c2ccccc2Cl)c2cc([N+](=O)[O-])ccc2N1. The first-order valence-corrected chi connectivity index (χ1v) is 14.8. The maximum absolute atomic E-state index is 12.1. The van der Waals surface area contributed by atoms with Gasteiger partial charge in [0.25, 0.3) is 5.69 Å². The molecule has 0 fully saturated rings. The van der Waals surface area contributed by atoms with Crippen LogP contribution in [0.2, 0.25) is 10.0 Å². The molecule has 12 heteroatoms. The number of non-ortho nitro benzene ring substituents is 1. The number of hydrogen-bond donors (Lipinski definition) is 1. The molecule has 3 heterocycles. The molecule has 0 bridgehead atoms. The molecule has 218 valence electrons. The zero-order valence-corrected chi connectivity index (χ0v) is 25.5. The Morgan fingerprint density at radius 1 is 0.884 bits per heavy atom. The number of benzene rings is 3. The first kappa shape index (κ1) is 30.1. The summed E-state index contributed by atoms with van der Waals surface area (Å²) in [5.74, 6) is -0.278. The molecule has 3 aromatic carbocycles. The molecule has 0 saturated carbocycles. The van der Waals surface area contributed by atoms with Crippen molar-refractivity contribution in [2.75, 3.05) is 30.4 Å². The summed E-state index contributed by atoms with van der Waals surface area (Å²) in [6.45, 7) is 2.20. The van der Waals surface area contributed by atoms with E-state index in [0.717, 1.165) is 28.3 Å². The number of carbonyl (C=O) groups excluding carboxylic acids is 2. The van der Waals surface area contributed by atoms with Gasteiger partial charge < -0.3 is 10.2 Å². The second-order valence-electron chi connectivity index (χ2n) is 9.56. The van der Waals surface area contributed by atoms with Crippen molar-refractivity contribution in [3.63, 3.8) is 0 Å². The van der Waals surface area contributed by atoms with Crippen LogP contribution < -0.4 is 10.2 Å². The van der Waals surface area contributed by atoms with E-state index in [0.29, 0.717) is 32.6 Å². The number of nitrogens with zero attached hydrogens (tertiary/aromatic N) is 4. The predicted octanol–water partition coefficient (Wildman–Crippen LogP) is 6.82. The van der Waals surface area contributed by atoms with Gasteiger partial charge in [-0.15, -0.1) is 11.3 Å². The van der Waals surface area contributed by atoms with Gasteiger partial charge in [0.1, 0.15) is 18.1 Å². The minimum atomic E-state index is -0.489. The minimum absolute atomic E-state index is 0.00260. The minimum Gasteiger partial charge on any atom is -0.324 e. The summed E-state index contributed by atoms with van der Waals surface area (Å²) < 4.78 is 0. The number of thiophene rings is 1. The molecular weight excluding hydrogens is 609 g/mol. The van der Waals surface area contributed by atoms with Crippen molar-refractivity contribution in [3.8, 4) is 0 Å². The van der Waals surface area contributed by atoms with Crippen LogP contribution in [0.5, 0.6) is 0 Å². The number of aliphatic imine (C=N–C) groups is 2. The van der Waals surface area contributed by atoms with Crippen molar-refractivity contribution in [3.05, 3.63) is 120 Å². The highest BCUT2D eigenvalue weighted by atomic mass is 35.5. The highest BCUT2D eigenvalue weighted by Crippen LogP contribution is 2.36. The van der Waals surface area contributed by atoms with E-state index in [1.165, 1.54) is 23.1 Å². The van der Waals surface area contributed by atoms with Gasteiger partial charge in [-0.2, -0.15) is 0 Å². The normalized spacial score (nSPS) is 14.2. The monoisotopic (exact) mass is 633 g/mol. The van der Waals surface area contributed by atoms with Gasteiger partial charge in [-0.3, -0.25) is 29.7 Å². The third-order valence-electron chi connectivity index (χ3n) is 6.80. The van der Waals surface area contributed by atoms with Crippen molar-refractivity contribution < 1.29 is 14.5 Å². The fourth-order valence-corrected chi connectivity index (χ4v) is 6.14. The number of nitro benzene ring substituents is 1. The molecule has 0 saturated heterocycles. The second kappa shape index (κ2) is 12.9. The standard InChI is InChI=1S/C16H15ClN2OS.C15H10ClN3O3/c1-3-10-8-12-15(11-6-4-5-7-13(11)17)18-9-14(20)19(2)16(12)21-10;16-12-4-2-1-3-10(12)15-11-7-9(19(21)22)5-6-13(11)18-14(20)8-17-15/h4-8H,3,9H2,1-2H3;1-7H,8H2,(H,18,20). The second-order valence-corrected chi connectivity index (χ2v) is 11.5. The fourth-order valence-electron chi connectivity index (χ4n) is 4.62. The zero-order valence-electron chi connectivity index (χ0n) is 23.1. The van der Waals surface area contributed by atoms with Gasteiger partial charge in [0.15, 0.2) is 0 Å². The lowest BCUT2D eigenvalue weighted by molar-refractivity contribution is -0.384. The molecule has 0 spiro atoms. The van der Waals surface area contributed by atoms with E-state index in [4.69, 9.17) is 23.2 Å². The van der Waals surface area contributed by atoms with Crippen LogP contribution in [0.1, 0.15) is 34.1 Å². The quantitative estimate of drug-likeness (QED) is 0.196. The van der Waals surface area contributed by atoms with Crippen LogP contribution in [0.15, 0.2) is 82.8 Å². The first-order chi connectivity index (χ1) is 20.7. The summed E-state index contributed by atoms with van der Waals surface area (Å²) in [6, 6.07) is 21.0. The average molecular weight is 635 g/mol. The number of amides is 2. The number of anilines is 2. The van der Waals surface area contributed by atoms with Gasteiger partial charge in [0.2, 0.25) is 11.8 Å². The maximum Gasteiger partial charge on any atom is 0.270 e. The van der Waals surface area contributed by atoms with Crippen LogP contribution in [-0.2, 0) is 16.0 Å². The summed E-state index contributed by atoms with van der Waals surface area (Å²) in [4.78, 5) is 46.1. The lowest BCUT2D eigenvalue weighted by Gasteiger charge is -2.13. The van der Waals surface area contributed by atoms with Crippen molar-refractivity contribution in [2.24, 2.45) is 9.98 Å². The van der Waals surface area contributed by atoms with Gasteiger partial charge in [0.05, 0.1) is 22.0 Å². The van der Waals surface area contributed by atoms with Gasteiger partial charge in [-0.05, 0) is 30.7 Å². The van der Waals surface area contributed by atoms with Crippen LogP contribution in [0, 0.1) is 10.1 Å². The number of hydrogen-bond acceptors (Lipinski definition) is 7. The Morgan fingerprint density at radius 3 is 2.09 bits per heavy atom. The number of likely N-dealkylation sites (N-methyl/N-ethyl adjacent to an activating group) is 1. The average Bonchev–Trinajstić information content (AvgIpc) is 3.30. The molecule has 1 N–H and O–H groups in total. The summed E-state index contributed by atoms with van der Waals surface area (Å²) in [5.41, 5.74) is 4.66. The third-order valence-corrected chi connectivity index (χ3v) is 8.82. The number of aryl methyl sites for hydroxylation is 1. The van der Waals surface area contributed by atoms with Crippen molar-refractivity contribution in [1.82, 2.24) is 0 Å². The van der Waals surface area contributed by atoms with E-state index < -0.39 is 4.92 Å². The smallest absolute Gasteiger partial charge is 0.270 e. The van der Waals surface area contributed by atoms with E-state index >= 15 is 0 Å². The van der Waals surface area contributed by atoms with Crippen molar-refractivity contribution in [2.45, 2.75) is 13.3 Å². The van der Waals surface area contributed by atoms with Crippen molar-refractivity contribution in [1.29, 1.82) is 0 Å². The van der Waals surface area contributed by atoms with Crippen LogP contribution >= 0.6 is 34.5 Å². The van der Waals surface area contributed by atoms with Crippen LogP contribution in [0.4, 0.5) is 16.4 Å². The lowest BCUT2D eigenvalue weighted by atomic mass is 10.00. The van der Waals surface area contributed by atoms with Crippen LogP contribution in [-0.4, -0.2) is 48.3 Å². The Kier molecular flexibility index (Phi) is 9.00. The highest BCUT2D eigenvalue weighted by molar-refractivity contribution is 7.16. The summed E-state index contributed by atoms with van der Waals surface area (Å²) >= 11 is 14.2. The molecule has 0 aliphatic carbocycles.